The van der Waals surface area contributed by atoms with Crippen LogP contribution in [0.3, 0.4) is 0 Å². The zero-order valence-electron chi connectivity index (χ0n) is 14.0. The van der Waals surface area contributed by atoms with Crippen molar-refractivity contribution in [2.24, 2.45) is 0 Å². The van der Waals surface area contributed by atoms with Gasteiger partial charge in [0, 0.05) is 29.2 Å². The molecule has 2 aromatic heterocycles. The standard InChI is InChI=1S/C19H15N3O3S/c1-13-12-26-18(21-13)16(10-20)17(23)11-25-19(24)14-5-4-6-15(9-14)22-7-2-3-8-22/h2-9,12,16H,11H2,1H3. The Morgan fingerprint density at radius 3 is 2.73 bits per heavy atom. The Kier molecular flexibility index (Phi) is 5.25. The molecule has 26 heavy (non-hydrogen) atoms. The third-order valence-corrected chi connectivity index (χ3v) is 4.69. The summed E-state index contributed by atoms with van der Waals surface area (Å²) in [5.41, 5.74) is 1.89. The number of nitrogens with zero attached hydrogens (tertiary/aromatic N) is 3. The quantitative estimate of drug-likeness (QED) is 0.626. The molecule has 0 N–H and O–H groups in total. The summed E-state index contributed by atoms with van der Waals surface area (Å²) in [5.74, 6) is -2.12. The number of nitriles is 1. The van der Waals surface area contributed by atoms with Crippen LogP contribution in [0, 0.1) is 18.3 Å². The van der Waals surface area contributed by atoms with E-state index in [1.807, 2.05) is 41.2 Å². The molecular weight excluding hydrogens is 350 g/mol. The molecule has 1 atom stereocenters. The Labute approximate surface area is 154 Å². The van der Waals surface area contributed by atoms with Crippen LogP contribution in [0.15, 0.2) is 54.2 Å². The fourth-order valence-electron chi connectivity index (χ4n) is 2.37. The molecule has 3 rings (SSSR count). The lowest BCUT2D eigenvalue weighted by Gasteiger charge is -2.08. The second-order valence-corrected chi connectivity index (χ2v) is 6.46. The normalized spacial score (nSPS) is 11.5. The molecule has 0 aliphatic rings. The summed E-state index contributed by atoms with van der Waals surface area (Å²) in [6, 6.07) is 12.6. The molecule has 0 fully saturated rings. The second-order valence-electron chi connectivity index (χ2n) is 5.57. The summed E-state index contributed by atoms with van der Waals surface area (Å²) >= 11 is 1.24. The summed E-state index contributed by atoms with van der Waals surface area (Å²) in [5, 5.41) is 11.4. The molecule has 0 saturated heterocycles. The monoisotopic (exact) mass is 365 g/mol. The number of aryl methyl sites for hydroxylation is 1. The van der Waals surface area contributed by atoms with Crippen LogP contribution < -0.4 is 0 Å². The van der Waals surface area contributed by atoms with Gasteiger partial charge in [0.25, 0.3) is 0 Å². The number of rotatable bonds is 6. The summed E-state index contributed by atoms with van der Waals surface area (Å²) in [4.78, 5) is 28.6. The zero-order chi connectivity index (χ0) is 18.5. The number of benzene rings is 1. The number of hydrogen-bond acceptors (Lipinski definition) is 6. The van der Waals surface area contributed by atoms with E-state index in [4.69, 9.17) is 4.74 Å². The number of carbonyl (C=O) groups excluding carboxylic acids is 2. The minimum Gasteiger partial charge on any atom is -0.454 e. The van der Waals surface area contributed by atoms with Gasteiger partial charge in [0.1, 0.15) is 5.01 Å². The molecule has 6 nitrogen and oxygen atoms in total. The van der Waals surface area contributed by atoms with Crippen LogP contribution in [0.2, 0.25) is 0 Å². The molecule has 0 spiro atoms. The topological polar surface area (TPSA) is 85.0 Å². The number of esters is 1. The molecule has 3 aromatic rings. The van der Waals surface area contributed by atoms with Gasteiger partial charge in [-0.1, -0.05) is 6.07 Å². The summed E-state index contributed by atoms with van der Waals surface area (Å²) in [6.45, 7) is 1.32. The first-order chi connectivity index (χ1) is 12.6. The van der Waals surface area contributed by atoms with E-state index in [0.717, 1.165) is 11.4 Å². The minimum atomic E-state index is -1.02. The molecule has 0 aliphatic carbocycles. The van der Waals surface area contributed by atoms with Crippen LogP contribution in [0.4, 0.5) is 0 Å². The lowest BCUT2D eigenvalue weighted by atomic mass is 10.1. The molecule has 7 heteroatoms. The van der Waals surface area contributed by atoms with Gasteiger partial charge in [0.05, 0.1) is 11.6 Å². The maximum atomic E-state index is 12.2. The van der Waals surface area contributed by atoms with Gasteiger partial charge in [-0.2, -0.15) is 5.26 Å². The summed E-state index contributed by atoms with van der Waals surface area (Å²) < 4.78 is 6.96. The van der Waals surface area contributed by atoms with E-state index < -0.39 is 24.3 Å². The maximum Gasteiger partial charge on any atom is 0.338 e. The van der Waals surface area contributed by atoms with Crippen molar-refractivity contribution >= 4 is 23.1 Å². The van der Waals surface area contributed by atoms with E-state index >= 15 is 0 Å². The van der Waals surface area contributed by atoms with Crippen LogP contribution in [0.1, 0.15) is 27.0 Å². The van der Waals surface area contributed by atoms with Crippen molar-refractivity contribution in [2.75, 3.05) is 6.61 Å². The van der Waals surface area contributed by atoms with Gasteiger partial charge in [-0.3, -0.25) is 4.79 Å². The highest BCUT2D eigenvalue weighted by atomic mass is 32.1. The number of ether oxygens (including phenoxy) is 1. The molecule has 130 valence electrons. The third kappa shape index (κ3) is 3.87. The minimum absolute atomic E-state index is 0.336. The smallest absolute Gasteiger partial charge is 0.338 e. The van der Waals surface area contributed by atoms with Crippen LogP contribution in [-0.4, -0.2) is 27.9 Å². The van der Waals surface area contributed by atoms with Crippen molar-refractivity contribution in [1.29, 1.82) is 5.26 Å². The van der Waals surface area contributed by atoms with E-state index in [2.05, 4.69) is 4.98 Å². The first-order valence-electron chi connectivity index (χ1n) is 7.83. The van der Waals surface area contributed by atoms with E-state index in [0.29, 0.717) is 10.6 Å². The number of thiazole rings is 1. The molecular formula is C19H15N3O3S. The first-order valence-corrected chi connectivity index (χ1v) is 8.71. The van der Waals surface area contributed by atoms with Crippen LogP contribution in [0.25, 0.3) is 5.69 Å². The van der Waals surface area contributed by atoms with E-state index in [1.54, 1.807) is 30.5 Å². The van der Waals surface area contributed by atoms with Crippen molar-refractivity contribution in [3.8, 4) is 11.8 Å². The third-order valence-electron chi connectivity index (χ3n) is 3.66. The molecule has 0 radical (unpaired) electrons. The number of Topliss-reactive ketones (excluding diaryl/α,β-unsaturated/α-hetero) is 1. The fraction of sp³-hybridized carbons (Fsp3) is 0.158. The van der Waals surface area contributed by atoms with Crippen LogP contribution >= 0.6 is 11.3 Å². The number of hydrogen-bond donors (Lipinski definition) is 0. The van der Waals surface area contributed by atoms with Gasteiger partial charge in [0.2, 0.25) is 0 Å². The fourth-order valence-corrected chi connectivity index (χ4v) is 3.23. The van der Waals surface area contributed by atoms with E-state index in [9.17, 15) is 14.9 Å². The number of ketones is 1. The largest absolute Gasteiger partial charge is 0.454 e. The average Bonchev–Trinajstić information content (AvgIpc) is 3.32. The molecule has 0 amide bonds. The summed E-state index contributed by atoms with van der Waals surface area (Å²) in [7, 11) is 0. The molecule has 0 bridgehead atoms. The lowest BCUT2D eigenvalue weighted by Crippen LogP contribution is -2.20. The molecule has 0 aliphatic heterocycles. The van der Waals surface area contributed by atoms with Crippen molar-refractivity contribution < 1.29 is 14.3 Å². The Balaban J connectivity index is 1.66. The predicted octanol–water partition coefficient (Wildman–Crippen LogP) is 3.28. The summed E-state index contributed by atoms with van der Waals surface area (Å²) in [6.07, 6.45) is 3.73. The Bertz CT molecular complexity index is 970. The van der Waals surface area contributed by atoms with Crippen molar-refractivity contribution in [3.05, 3.63) is 70.4 Å². The Morgan fingerprint density at radius 1 is 1.31 bits per heavy atom. The van der Waals surface area contributed by atoms with Gasteiger partial charge < -0.3 is 9.30 Å². The predicted molar refractivity (Wildman–Crippen MR) is 96.3 cm³/mol. The average molecular weight is 365 g/mol. The molecule has 2 heterocycles. The first kappa shape index (κ1) is 17.6. The maximum absolute atomic E-state index is 12.2. The SMILES string of the molecule is Cc1csc(C(C#N)C(=O)COC(=O)c2cccc(-n3cccc3)c2)n1. The second kappa shape index (κ2) is 7.76. The van der Waals surface area contributed by atoms with Crippen molar-refractivity contribution in [1.82, 2.24) is 9.55 Å². The van der Waals surface area contributed by atoms with Gasteiger partial charge in [-0.25, -0.2) is 9.78 Å². The molecule has 0 saturated carbocycles. The molecule has 1 unspecified atom stereocenters. The van der Waals surface area contributed by atoms with Gasteiger partial charge in [-0.05, 0) is 37.3 Å². The van der Waals surface area contributed by atoms with Crippen molar-refractivity contribution in [3.63, 3.8) is 0 Å². The zero-order valence-corrected chi connectivity index (χ0v) is 14.8. The highest BCUT2D eigenvalue weighted by Gasteiger charge is 2.24. The van der Waals surface area contributed by atoms with Crippen LogP contribution in [-0.2, 0) is 9.53 Å². The van der Waals surface area contributed by atoms with Crippen molar-refractivity contribution in [2.45, 2.75) is 12.8 Å². The van der Waals surface area contributed by atoms with Gasteiger partial charge in [-0.15, -0.1) is 11.3 Å². The van der Waals surface area contributed by atoms with Gasteiger partial charge >= 0.3 is 5.97 Å². The highest BCUT2D eigenvalue weighted by molar-refractivity contribution is 7.09. The highest BCUT2D eigenvalue weighted by Crippen LogP contribution is 2.21. The number of aromatic nitrogens is 2. The number of carbonyl (C=O) groups is 2. The van der Waals surface area contributed by atoms with E-state index in [1.165, 1.54) is 11.3 Å². The lowest BCUT2D eigenvalue weighted by molar-refractivity contribution is -0.122. The van der Waals surface area contributed by atoms with Gasteiger partial charge in [0.15, 0.2) is 18.3 Å². The Hall–Kier alpha value is -3.24. The Morgan fingerprint density at radius 2 is 2.08 bits per heavy atom. The van der Waals surface area contributed by atoms with Crippen LogP contribution in [0.5, 0.6) is 0 Å². The molecule has 1 aromatic carbocycles. The van der Waals surface area contributed by atoms with E-state index in [-0.39, 0.29) is 0 Å².